The van der Waals surface area contributed by atoms with Crippen molar-refractivity contribution in [2.45, 2.75) is 20.4 Å². The maximum atomic E-state index is 5.82. The fourth-order valence-electron chi connectivity index (χ4n) is 2.27. The number of nitrogens with zero attached hydrogens (tertiary/aromatic N) is 6. The predicted molar refractivity (Wildman–Crippen MR) is 77.2 cm³/mol. The topological polar surface area (TPSA) is 87.4 Å². The van der Waals surface area contributed by atoms with Gasteiger partial charge in [0.2, 0.25) is 11.9 Å². The van der Waals surface area contributed by atoms with Crippen LogP contribution in [0.1, 0.15) is 19.4 Å². The highest BCUT2D eigenvalue weighted by Gasteiger charge is 2.16. The molecule has 3 aromatic rings. The highest BCUT2D eigenvalue weighted by molar-refractivity contribution is 5.85. The van der Waals surface area contributed by atoms with Gasteiger partial charge in [-0.1, -0.05) is 12.2 Å². The normalized spacial score (nSPS) is 11.7. The SMILES string of the molecule is C/C=C\c1cncc2nc(-n3ncnc3N)n(CC)c12. The second-order valence-corrected chi connectivity index (χ2v) is 4.28. The molecule has 0 aromatic carbocycles. The first-order valence-electron chi connectivity index (χ1n) is 6.39. The van der Waals surface area contributed by atoms with E-state index in [0.717, 1.165) is 23.1 Å². The molecule has 3 rings (SSSR count). The summed E-state index contributed by atoms with van der Waals surface area (Å²) in [4.78, 5) is 12.7. The fraction of sp³-hybridized carbons (Fsp3) is 0.231. The van der Waals surface area contributed by atoms with Crippen LogP contribution in [0.5, 0.6) is 0 Å². The average Bonchev–Trinajstić information content (AvgIpc) is 3.02. The Morgan fingerprint density at radius 3 is 2.85 bits per heavy atom. The molecule has 0 spiro atoms. The Bertz CT molecular complexity index is 781. The summed E-state index contributed by atoms with van der Waals surface area (Å²) in [5.41, 5.74) is 8.67. The number of imidazole rings is 1. The first-order chi connectivity index (χ1) is 9.76. The molecule has 0 saturated heterocycles. The molecule has 0 unspecified atom stereocenters. The van der Waals surface area contributed by atoms with Crippen LogP contribution < -0.4 is 5.73 Å². The quantitative estimate of drug-likeness (QED) is 0.781. The van der Waals surface area contributed by atoms with E-state index in [0.29, 0.717) is 11.9 Å². The zero-order valence-electron chi connectivity index (χ0n) is 11.4. The summed E-state index contributed by atoms with van der Waals surface area (Å²) in [5.74, 6) is 0.965. The summed E-state index contributed by atoms with van der Waals surface area (Å²) in [6.45, 7) is 4.78. The number of rotatable bonds is 3. The van der Waals surface area contributed by atoms with Gasteiger partial charge in [-0.05, 0) is 13.8 Å². The number of nitrogens with two attached hydrogens (primary N) is 1. The number of hydrogen-bond acceptors (Lipinski definition) is 5. The van der Waals surface area contributed by atoms with Gasteiger partial charge in [-0.3, -0.25) is 4.98 Å². The van der Waals surface area contributed by atoms with Crippen molar-refractivity contribution in [1.82, 2.24) is 29.3 Å². The summed E-state index contributed by atoms with van der Waals surface area (Å²) < 4.78 is 3.58. The number of allylic oxidation sites excluding steroid dienone is 1. The summed E-state index contributed by atoms with van der Waals surface area (Å²) in [7, 11) is 0. The molecule has 0 aliphatic rings. The Hall–Kier alpha value is -2.70. The van der Waals surface area contributed by atoms with E-state index in [1.807, 2.05) is 25.3 Å². The molecule has 7 nitrogen and oxygen atoms in total. The Labute approximate surface area is 115 Å². The maximum absolute atomic E-state index is 5.82. The van der Waals surface area contributed by atoms with Crippen LogP contribution in [-0.4, -0.2) is 29.3 Å². The van der Waals surface area contributed by atoms with Gasteiger partial charge in [-0.25, -0.2) is 4.98 Å². The molecule has 20 heavy (non-hydrogen) atoms. The van der Waals surface area contributed by atoms with Crippen molar-refractivity contribution in [2.24, 2.45) is 0 Å². The van der Waals surface area contributed by atoms with Crippen LogP contribution in [-0.2, 0) is 6.54 Å². The highest BCUT2D eigenvalue weighted by atomic mass is 15.4. The average molecular weight is 269 g/mol. The van der Waals surface area contributed by atoms with E-state index < -0.39 is 0 Å². The number of fused-ring (bicyclic) bond motifs is 1. The van der Waals surface area contributed by atoms with Gasteiger partial charge < -0.3 is 10.3 Å². The molecule has 7 heteroatoms. The van der Waals surface area contributed by atoms with Crippen molar-refractivity contribution in [1.29, 1.82) is 0 Å². The number of hydrogen-bond donors (Lipinski definition) is 1. The van der Waals surface area contributed by atoms with Gasteiger partial charge in [0, 0.05) is 18.3 Å². The van der Waals surface area contributed by atoms with Crippen molar-refractivity contribution in [3.05, 3.63) is 30.4 Å². The van der Waals surface area contributed by atoms with Crippen LogP contribution in [0, 0.1) is 0 Å². The molecular weight excluding hydrogens is 254 g/mol. The summed E-state index contributed by atoms with van der Waals surface area (Å²) in [6.07, 6.45) is 8.97. The molecular formula is C13H15N7. The lowest BCUT2D eigenvalue weighted by atomic mass is 10.2. The molecule has 0 aliphatic heterocycles. The number of aryl methyl sites for hydroxylation is 1. The highest BCUT2D eigenvalue weighted by Crippen LogP contribution is 2.23. The molecule has 102 valence electrons. The van der Waals surface area contributed by atoms with Crippen LogP contribution in [0.4, 0.5) is 5.95 Å². The van der Waals surface area contributed by atoms with Crippen LogP contribution in [0.25, 0.3) is 23.1 Å². The van der Waals surface area contributed by atoms with E-state index in [4.69, 9.17) is 5.73 Å². The van der Waals surface area contributed by atoms with Crippen LogP contribution in [0.15, 0.2) is 24.8 Å². The van der Waals surface area contributed by atoms with Gasteiger partial charge in [0.15, 0.2) is 0 Å². The third kappa shape index (κ3) is 1.75. The maximum Gasteiger partial charge on any atom is 0.235 e. The second-order valence-electron chi connectivity index (χ2n) is 4.28. The van der Waals surface area contributed by atoms with Crippen LogP contribution in [0.2, 0.25) is 0 Å². The molecule has 3 aromatic heterocycles. The number of nitrogen functional groups attached to an aromatic ring is 1. The fourth-order valence-corrected chi connectivity index (χ4v) is 2.27. The molecule has 0 fully saturated rings. The van der Waals surface area contributed by atoms with Gasteiger partial charge in [-0.2, -0.15) is 14.8 Å². The molecule has 3 heterocycles. The minimum Gasteiger partial charge on any atom is -0.368 e. The van der Waals surface area contributed by atoms with E-state index >= 15 is 0 Å². The minimum atomic E-state index is 0.315. The molecule has 0 bridgehead atoms. The lowest BCUT2D eigenvalue weighted by molar-refractivity contribution is 0.705. The number of aromatic nitrogens is 6. The molecule has 0 atom stereocenters. The number of pyridine rings is 1. The summed E-state index contributed by atoms with van der Waals surface area (Å²) >= 11 is 0. The Kier molecular flexibility index (Phi) is 2.94. The Morgan fingerprint density at radius 2 is 2.20 bits per heavy atom. The van der Waals surface area contributed by atoms with E-state index in [1.165, 1.54) is 11.0 Å². The van der Waals surface area contributed by atoms with Crippen LogP contribution >= 0.6 is 0 Å². The third-order valence-corrected chi connectivity index (χ3v) is 3.08. The van der Waals surface area contributed by atoms with E-state index in [-0.39, 0.29) is 0 Å². The standard InChI is InChI=1S/C13H15N7/c1-3-5-9-6-15-7-10-11(9)19(4-2)13(18-10)20-12(14)16-8-17-20/h3,5-8H,4H2,1-2H3,(H2,14,16,17)/b5-3-. The van der Waals surface area contributed by atoms with Crippen molar-refractivity contribution in [2.75, 3.05) is 5.73 Å². The van der Waals surface area contributed by atoms with Crippen molar-refractivity contribution in [3.63, 3.8) is 0 Å². The second kappa shape index (κ2) is 4.76. The van der Waals surface area contributed by atoms with Crippen molar-refractivity contribution in [3.8, 4) is 5.95 Å². The largest absolute Gasteiger partial charge is 0.368 e. The molecule has 2 N–H and O–H groups in total. The smallest absolute Gasteiger partial charge is 0.235 e. The summed E-state index contributed by atoms with van der Waals surface area (Å²) in [5, 5.41) is 4.12. The molecule has 0 aliphatic carbocycles. The molecule has 0 radical (unpaired) electrons. The lowest BCUT2D eigenvalue weighted by Crippen LogP contribution is -2.10. The number of anilines is 1. The van der Waals surface area contributed by atoms with Gasteiger partial charge >= 0.3 is 0 Å². The van der Waals surface area contributed by atoms with Gasteiger partial charge in [-0.15, -0.1) is 0 Å². The Balaban J connectivity index is 2.35. The minimum absolute atomic E-state index is 0.315. The molecule has 0 saturated carbocycles. The van der Waals surface area contributed by atoms with E-state index in [2.05, 4.69) is 31.5 Å². The zero-order chi connectivity index (χ0) is 14.1. The van der Waals surface area contributed by atoms with Crippen LogP contribution in [0.3, 0.4) is 0 Å². The van der Waals surface area contributed by atoms with Gasteiger partial charge in [0.05, 0.1) is 11.7 Å². The predicted octanol–water partition coefficient (Wildman–Crippen LogP) is 1.65. The van der Waals surface area contributed by atoms with Crippen molar-refractivity contribution < 1.29 is 0 Å². The first kappa shape index (κ1) is 12.3. The summed E-state index contributed by atoms with van der Waals surface area (Å²) in [6, 6.07) is 0. The van der Waals surface area contributed by atoms with Crippen molar-refractivity contribution >= 4 is 23.1 Å². The monoisotopic (exact) mass is 269 g/mol. The molecule has 0 amide bonds. The zero-order valence-corrected chi connectivity index (χ0v) is 11.4. The van der Waals surface area contributed by atoms with E-state index in [1.54, 1.807) is 6.20 Å². The van der Waals surface area contributed by atoms with Gasteiger partial charge in [0.1, 0.15) is 11.8 Å². The third-order valence-electron chi connectivity index (χ3n) is 3.08. The van der Waals surface area contributed by atoms with Gasteiger partial charge in [0.25, 0.3) is 0 Å². The lowest BCUT2D eigenvalue weighted by Gasteiger charge is -2.07. The van der Waals surface area contributed by atoms with E-state index in [9.17, 15) is 0 Å². The Morgan fingerprint density at radius 1 is 1.35 bits per heavy atom. The first-order valence-corrected chi connectivity index (χ1v) is 6.39.